The van der Waals surface area contributed by atoms with Crippen LogP contribution in [0.1, 0.15) is 20.3 Å². The average molecular weight is 354 g/mol. The molecule has 0 radical (unpaired) electrons. The molecule has 2 amide bonds. The number of rotatable bonds is 5. The number of carboxylic acid groups (broad SMARTS) is 1. The molecular formula is C13H15Cl3N2O3. The van der Waals surface area contributed by atoms with Crippen molar-refractivity contribution in [1.82, 2.24) is 5.32 Å². The number of amides is 2. The minimum atomic E-state index is -1.10. The molecule has 8 heteroatoms. The highest BCUT2D eigenvalue weighted by molar-refractivity contribution is 6.42. The lowest BCUT2D eigenvalue weighted by molar-refractivity contribution is -0.139. The van der Waals surface area contributed by atoms with Crippen LogP contribution in [0, 0.1) is 5.92 Å². The van der Waals surface area contributed by atoms with E-state index in [0.29, 0.717) is 11.4 Å². The van der Waals surface area contributed by atoms with E-state index in [4.69, 9.17) is 39.9 Å². The maximum Gasteiger partial charge on any atom is 0.326 e. The zero-order valence-corrected chi connectivity index (χ0v) is 13.7. The maximum absolute atomic E-state index is 11.9. The van der Waals surface area contributed by atoms with Gasteiger partial charge in [0, 0.05) is 5.02 Å². The van der Waals surface area contributed by atoms with Crippen molar-refractivity contribution in [2.45, 2.75) is 26.3 Å². The van der Waals surface area contributed by atoms with Crippen molar-refractivity contribution in [2.24, 2.45) is 5.92 Å². The fourth-order valence-electron chi connectivity index (χ4n) is 1.66. The zero-order chi connectivity index (χ0) is 16.2. The monoisotopic (exact) mass is 352 g/mol. The first-order chi connectivity index (χ1) is 9.70. The molecule has 5 nitrogen and oxygen atoms in total. The Morgan fingerprint density at radius 2 is 1.71 bits per heavy atom. The van der Waals surface area contributed by atoms with Gasteiger partial charge in [-0.1, -0.05) is 48.7 Å². The van der Waals surface area contributed by atoms with Gasteiger partial charge in [0.2, 0.25) is 0 Å². The van der Waals surface area contributed by atoms with Gasteiger partial charge in [-0.05, 0) is 24.5 Å². The molecule has 0 fully saturated rings. The normalized spacial score (nSPS) is 12.1. The summed E-state index contributed by atoms with van der Waals surface area (Å²) in [6.45, 7) is 3.73. The third-order valence-corrected chi connectivity index (χ3v) is 3.37. The van der Waals surface area contributed by atoms with Gasteiger partial charge in [0.25, 0.3) is 0 Å². The van der Waals surface area contributed by atoms with Crippen LogP contribution in [0.4, 0.5) is 10.5 Å². The van der Waals surface area contributed by atoms with E-state index >= 15 is 0 Å². The van der Waals surface area contributed by atoms with E-state index < -0.39 is 18.0 Å². The third-order valence-electron chi connectivity index (χ3n) is 2.56. The van der Waals surface area contributed by atoms with E-state index in [1.807, 2.05) is 13.8 Å². The molecule has 1 rings (SSSR count). The van der Waals surface area contributed by atoms with Crippen molar-refractivity contribution >= 4 is 52.5 Å². The minimum Gasteiger partial charge on any atom is -0.480 e. The van der Waals surface area contributed by atoms with Crippen LogP contribution < -0.4 is 10.6 Å². The van der Waals surface area contributed by atoms with Gasteiger partial charge in [-0.25, -0.2) is 9.59 Å². The Hall–Kier alpha value is -1.17. The number of anilines is 1. The van der Waals surface area contributed by atoms with Gasteiger partial charge < -0.3 is 15.7 Å². The van der Waals surface area contributed by atoms with Crippen LogP contribution in [0.25, 0.3) is 0 Å². The number of carboxylic acids is 1. The van der Waals surface area contributed by atoms with Gasteiger partial charge >= 0.3 is 12.0 Å². The van der Waals surface area contributed by atoms with E-state index in [9.17, 15) is 9.59 Å². The van der Waals surface area contributed by atoms with Crippen LogP contribution in [0.3, 0.4) is 0 Å². The Bertz CT molecular complexity index is 526. The summed E-state index contributed by atoms with van der Waals surface area (Å²) in [5.74, 6) is -0.985. The van der Waals surface area contributed by atoms with Gasteiger partial charge in [-0.3, -0.25) is 0 Å². The molecule has 1 atom stereocenters. The SMILES string of the molecule is CC(C)CC(NC(=O)Nc1c(Cl)cc(Cl)cc1Cl)C(=O)O. The highest BCUT2D eigenvalue weighted by atomic mass is 35.5. The fourth-order valence-corrected chi connectivity index (χ4v) is 2.57. The number of hydrogen-bond acceptors (Lipinski definition) is 2. The van der Waals surface area contributed by atoms with Crippen LogP contribution in [0.2, 0.25) is 15.1 Å². The highest BCUT2D eigenvalue weighted by Crippen LogP contribution is 2.33. The molecule has 0 bridgehead atoms. The van der Waals surface area contributed by atoms with Gasteiger partial charge in [0.05, 0.1) is 15.7 Å². The molecule has 3 N–H and O–H groups in total. The summed E-state index contributed by atoms with van der Waals surface area (Å²) in [6, 6.07) is 1.16. The molecule has 21 heavy (non-hydrogen) atoms. The van der Waals surface area contributed by atoms with Gasteiger partial charge in [0.15, 0.2) is 0 Å². The molecule has 0 aliphatic heterocycles. The summed E-state index contributed by atoms with van der Waals surface area (Å²) < 4.78 is 0. The molecule has 0 spiro atoms. The van der Waals surface area contributed by atoms with E-state index in [-0.39, 0.29) is 21.7 Å². The van der Waals surface area contributed by atoms with Crippen LogP contribution in [0.15, 0.2) is 12.1 Å². The molecule has 1 aromatic carbocycles. The summed E-state index contributed by atoms with van der Waals surface area (Å²) in [7, 11) is 0. The number of carbonyl (C=O) groups excluding carboxylic acids is 1. The van der Waals surface area contributed by atoms with Gasteiger partial charge in [0.1, 0.15) is 6.04 Å². The number of hydrogen-bond donors (Lipinski definition) is 3. The topological polar surface area (TPSA) is 78.4 Å². The molecule has 0 aromatic heterocycles. The van der Waals surface area contributed by atoms with Crippen molar-refractivity contribution < 1.29 is 14.7 Å². The minimum absolute atomic E-state index is 0.120. The Kier molecular flexibility index (Phi) is 6.58. The Morgan fingerprint density at radius 1 is 1.19 bits per heavy atom. The Balaban J connectivity index is 2.79. The molecule has 0 saturated heterocycles. The standard InChI is InChI=1S/C13H15Cl3N2O3/c1-6(2)3-10(12(19)20)17-13(21)18-11-8(15)4-7(14)5-9(11)16/h4-6,10H,3H2,1-2H3,(H,19,20)(H2,17,18,21). The van der Waals surface area contributed by atoms with E-state index in [1.165, 1.54) is 12.1 Å². The third kappa shape index (κ3) is 5.61. The molecule has 1 unspecified atom stereocenters. The van der Waals surface area contributed by atoms with Crippen LogP contribution >= 0.6 is 34.8 Å². The van der Waals surface area contributed by atoms with Gasteiger partial charge in [-0.15, -0.1) is 0 Å². The first-order valence-corrected chi connectivity index (χ1v) is 7.29. The quantitative estimate of drug-likeness (QED) is 0.739. The molecule has 0 heterocycles. The maximum atomic E-state index is 11.9. The molecule has 0 saturated carbocycles. The van der Waals surface area contributed by atoms with E-state index in [2.05, 4.69) is 10.6 Å². The average Bonchev–Trinajstić information content (AvgIpc) is 2.32. The molecule has 116 valence electrons. The number of halogens is 3. The Morgan fingerprint density at radius 3 is 2.14 bits per heavy atom. The second-order valence-corrected chi connectivity index (χ2v) is 6.11. The summed E-state index contributed by atoms with van der Waals surface area (Å²) in [5, 5.41) is 14.5. The smallest absolute Gasteiger partial charge is 0.326 e. The molecule has 0 aliphatic rings. The first-order valence-electron chi connectivity index (χ1n) is 6.15. The number of urea groups is 1. The summed E-state index contributed by atoms with van der Waals surface area (Å²) in [6.07, 6.45) is 0.310. The van der Waals surface area contributed by atoms with Crippen molar-refractivity contribution in [3.05, 3.63) is 27.2 Å². The van der Waals surface area contributed by atoms with Crippen molar-refractivity contribution in [3.63, 3.8) is 0 Å². The lowest BCUT2D eigenvalue weighted by Gasteiger charge is -2.17. The highest BCUT2D eigenvalue weighted by Gasteiger charge is 2.22. The first kappa shape index (κ1) is 17.9. The van der Waals surface area contributed by atoms with Crippen LogP contribution in [-0.4, -0.2) is 23.1 Å². The van der Waals surface area contributed by atoms with E-state index in [0.717, 1.165) is 0 Å². The number of carbonyl (C=O) groups is 2. The summed E-state index contributed by atoms with van der Waals surface area (Å²) in [4.78, 5) is 23.0. The van der Waals surface area contributed by atoms with Crippen LogP contribution in [-0.2, 0) is 4.79 Å². The lowest BCUT2D eigenvalue weighted by atomic mass is 10.0. The number of aliphatic carboxylic acids is 1. The predicted molar refractivity (Wildman–Crippen MR) is 84.5 cm³/mol. The van der Waals surface area contributed by atoms with Crippen molar-refractivity contribution in [3.8, 4) is 0 Å². The summed E-state index contributed by atoms with van der Waals surface area (Å²) >= 11 is 17.6. The largest absolute Gasteiger partial charge is 0.480 e. The number of nitrogens with one attached hydrogen (secondary N) is 2. The Labute approximate surface area is 137 Å². The second kappa shape index (κ2) is 7.73. The number of benzene rings is 1. The predicted octanol–water partition coefficient (Wildman–Crippen LogP) is 4.27. The van der Waals surface area contributed by atoms with Crippen molar-refractivity contribution in [2.75, 3.05) is 5.32 Å². The molecule has 1 aromatic rings. The van der Waals surface area contributed by atoms with E-state index in [1.54, 1.807) is 0 Å². The van der Waals surface area contributed by atoms with Gasteiger partial charge in [-0.2, -0.15) is 0 Å². The molecule has 0 aliphatic carbocycles. The fraction of sp³-hybridized carbons (Fsp3) is 0.385. The second-order valence-electron chi connectivity index (χ2n) is 4.86. The molecular weight excluding hydrogens is 339 g/mol. The summed E-state index contributed by atoms with van der Waals surface area (Å²) in [5.41, 5.74) is 0.175. The zero-order valence-electron chi connectivity index (χ0n) is 11.4. The van der Waals surface area contributed by atoms with Crippen molar-refractivity contribution in [1.29, 1.82) is 0 Å². The lowest BCUT2D eigenvalue weighted by Crippen LogP contribution is -2.43. The van der Waals surface area contributed by atoms with Crippen LogP contribution in [0.5, 0.6) is 0 Å².